The number of Topliss-reactive ketones (excluding diaryl/α,β-unsaturated/α-hetero) is 1. The fraction of sp³-hybridized carbons (Fsp3) is 0.643. The zero-order valence-corrected chi connectivity index (χ0v) is 32.0. The number of ether oxygens (including phenoxy) is 2. The van der Waals surface area contributed by atoms with Crippen LogP contribution >= 0.6 is 0 Å². The number of hydrogen-bond acceptors (Lipinski definition) is 8. The maximum Gasteiger partial charge on any atom is 0.338 e. The average Bonchev–Trinajstić information content (AvgIpc) is 2.83. The topological polar surface area (TPSA) is 134 Å². The van der Waals surface area contributed by atoms with Crippen LogP contribution in [0.2, 0.25) is 0 Å². The van der Waals surface area contributed by atoms with Crippen molar-refractivity contribution < 1.29 is 128 Å². The van der Waals surface area contributed by atoms with Crippen molar-refractivity contribution in [3.05, 3.63) is 47.0 Å². The van der Waals surface area contributed by atoms with Crippen molar-refractivity contribution in [1.29, 1.82) is 0 Å². The molecule has 202 valence electrons. The second-order valence-corrected chi connectivity index (χ2v) is 12.0. The third-order valence-corrected chi connectivity index (χ3v) is 10.1. The summed E-state index contributed by atoms with van der Waals surface area (Å²) in [7, 11) is 0. The Morgan fingerprint density at radius 1 is 1.08 bits per heavy atom. The minimum absolute atomic E-state index is 0. The van der Waals surface area contributed by atoms with Gasteiger partial charge in [-0.15, -0.1) is 0 Å². The summed E-state index contributed by atoms with van der Waals surface area (Å²) in [6, 6.07) is 8.33. The molecule has 2 saturated carbocycles. The Bertz CT molecular complexity index is 1140. The fourth-order valence-electron chi connectivity index (χ4n) is 7.56. The first kappa shape index (κ1) is 33.3. The summed E-state index contributed by atoms with van der Waals surface area (Å²) in [6.45, 7) is 8.48. The van der Waals surface area contributed by atoms with Gasteiger partial charge in [-0.05, 0) is 42.5 Å². The monoisotopic (exact) mass is 954 g/mol. The zero-order chi connectivity index (χ0) is 26.4. The second-order valence-electron chi connectivity index (χ2n) is 12.0. The SMILES string of the molecule is CC1=C2C(O)C(=O)C3(C)C(C)CC4OCC4(O)C3C(OC(=O)c3ccccc3)C(O)(CC1O)C2(C)C.[Ac].[Ac]. The predicted octanol–water partition coefficient (Wildman–Crippen LogP) is 1.79. The van der Waals surface area contributed by atoms with E-state index in [0.717, 1.165) is 0 Å². The number of benzene rings is 1. The Balaban J connectivity index is 0.00000200. The van der Waals surface area contributed by atoms with Gasteiger partial charge in [0.2, 0.25) is 0 Å². The van der Waals surface area contributed by atoms with Crippen LogP contribution in [0.15, 0.2) is 41.5 Å². The van der Waals surface area contributed by atoms with Crippen molar-refractivity contribution in [2.75, 3.05) is 6.61 Å². The van der Waals surface area contributed by atoms with Crippen LogP contribution in [0, 0.1) is 111 Å². The molecular formula is C28H36Ac2O8. The number of carbonyl (C=O) groups is 2. The number of carbonyl (C=O) groups excluding carboxylic acids is 2. The molecule has 4 aliphatic rings. The van der Waals surface area contributed by atoms with E-state index in [9.17, 15) is 30.0 Å². The van der Waals surface area contributed by atoms with E-state index in [2.05, 4.69) is 0 Å². The van der Waals surface area contributed by atoms with Crippen molar-refractivity contribution >= 4 is 11.8 Å². The first-order chi connectivity index (χ1) is 16.7. The third kappa shape index (κ3) is 4.46. The van der Waals surface area contributed by atoms with Gasteiger partial charge in [-0.25, -0.2) is 4.79 Å². The Kier molecular flexibility index (Phi) is 9.75. The first-order valence-corrected chi connectivity index (χ1v) is 12.6. The number of aliphatic hydroxyl groups excluding tert-OH is 2. The summed E-state index contributed by atoms with van der Waals surface area (Å²) in [5, 5.41) is 47.0. The summed E-state index contributed by atoms with van der Waals surface area (Å²) in [5.74, 6) is -2.66. The Labute approximate surface area is 295 Å². The smallest absolute Gasteiger partial charge is 0.338 e. The molecule has 1 heterocycles. The van der Waals surface area contributed by atoms with E-state index in [1.807, 2.05) is 6.92 Å². The quantitative estimate of drug-likeness (QED) is 0.261. The van der Waals surface area contributed by atoms with E-state index in [-0.39, 0.29) is 118 Å². The Hall–Kier alpha value is 0.783. The zero-order valence-electron chi connectivity index (χ0n) is 22.5. The van der Waals surface area contributed by atoms with Crippen LogP contribution in [-0.2, 0) is 14.3 Å². The van der Waals surface area contributed by atoms with E-state index in [0.29, 0.717) is 12.0 Å². The van der Waals surface area contributed by atoms with Crippen LogP contribution in [0.5, 0.6) is 0 Å². The standard InChI is InChI=1S/C28H36O8.2Ac/c1-14-11-18-27(33,13-35-18)21-23(36-24(32)16-9-7-6-8-10-16)28(34)12-17(29)15(2)19(25(28,3)4)20(30)22(31)26(14,21)5;;/h6-10,14,17-18,20-21,23,29-30,33-34H,11-13H2,1-5H3;;. The number of esters is 1. The van der Waals surface area contributed by atoms with Gasteiger partial charge in [-0.1, -0.05) is 45.9 Å². The van der Waals surface area contributed by atoms with Gasteiger partial charge in [0.1, 0.15) is 23.4 Å². The number of aliphatic hydroxyl groups is 4. The summed E-state index contributed by atoms with van der Waals surface area (Å²) in [4.78, 5) is 27.6. The van der Waals surface area contributed by atoms with Gasteiger partial charge < -0.3 is 29.9 Å². The van der Waals surface area contributed by atoms with Crippen LogP contribution in [0.1, 0.15) is 57.8 Å². The number of fused-ring (bicyclic) bond motifs is 5. The molecule has 1 aliphatic heterocycles. The molecule has 3 aliphatic carbocycles. The molecular weight excluding hydrogens is 918 g/mol. The van der Waals surface area contributed by atoms with Crippen molar-refractivity contribution in [3.8, 4) is 0 Å². The summed E-state index contributed by atoms with van der Waals surface area (Å²) >= 11 is 0. The predicted molar refractivity (Wildman–Crippen MR) is 129 cm³/mol. The molecule has 9 atom stereocenters. The molecule has 9 unspecified atom stereocenters. The molecule has 10 heteroatoms. The minimum atomic E-state index is -1.91. The Morgan fingerprint density at radius 2 is 1.68 bits per heavy atom. The van der Waals surface area contributed by atoms with Gasteiger partial charge >= 0.3 is 5.97 Å². The van der Waals surface area contributed by atoms with E-state index in [1.54, 1.807) is 58.0 Å². The van der Waals surface area contributed by atoms with E-state index < -0.39 is 64.1 Å². The van der Waals surface area contributed by atoms with Crippen LogP contribution in [0.4, 0.5) is 0 Å². The molecule has 0 spiro atoms. The molecule has 3 fully saturated rings. The Morgan fingerprint density at radius 3 is 2.24 bits per heavy atom. The number of rotatable bonds is 2. The molecule has 1 saturated heterocycles. The molecule has 0 aromatic heterocycles. The van der Waals surface area contributed by atoms with Gasteiger partial charge in [-0.3, -0.25) is 4.79 Å². The minimum Gasteiger partial charge on any atom is -0.455 e. The maximum absolute atomic E-state index is 14.2. The summed E-state index contributed by atoms with van der Waals surface area (Å²) in [5.41, 5.74) is -5.18. The van der Waals surface area contributed by atoms with Gasteiger partial charge in [0.15, 0.2) is 5.78 Å². The molecule has 4 N–H and O–H groups in total. The molecule has 1 aromatic carbocycles. The van der Waals surface area contributed by atoms with Crippen molar-refractivity contribution in [2.45, 2.75) is 83.1 Å². The van der Waals surface area contributed by atoms with E-state index >= 15 is 0 Å². The molecule has 0 amide bonds. The second kappa shape index (κ2) is 11.1. The van der Waals surface area contributed by atoms with Crippen LogP contribution in [0.25, 0.3) is 0 Å². The van der Waals surface area contributed by atoms with Crippen LogP contribution < -0.4 is 0 Å². The van der Waals surface area contributed by atoms with Gasteiger partial charge in [0, 0.05) is 111 Å². The molecule has 1 aromatic rings. The van der Waals surface area contributed by atoms with Gasteiger partial charge in [0.05, 0.1) is 24.4 Å². The summed E-state index contributed by atoms with van der Waals surface area (Å²) < 4.78 is 11.8. The molecule has 2 bridgehead atoms. The summed E-state index contributed by atoms with van der Waals surface area (Å²) in [6.07, 6.45) is -4.56. The van der Waals surface area contributed by atoms with Crippen molar-refractivity contribution in [3.63, 3.8) is 0 Å². The molecule has 38 heavy (non-hydrogen) atoms. The van der Waals surface area contributed by atoms with Crippen molar-refractivity contribution in [2.24, 2.45) is 22.7 Å². The maximum atomic E-state index is 14.2. The first-order valence-electron chi connectivity index (χ1n) is 12.6. The number of hydrogen-bond donors (Lipinski definition) is 4. The van der Waals surface area contributed by atoms with Gasteiger partial charge in [-0.2, -0.15) is 0 Å². The average molecular weight is 955 g/mol. The molecule has 5 rings (SSSR count). The fourth-order valence-corrected chi connectivity index (χ4v) is 7.56. The number of ketones is 1. The van der Waals surface area contributed by atoms with Gasteiger partial charge in [0.25, 0.3) is 0 Å². The van der Waals surface area contributed by atoms with E-state index in [4.69, 9.17) is 9.47 Å². The van der Waals surface area contributed by atoms with Crippen molar-refractivity contribution in [1.82, 2.24) is 0 Å². The van der Waals surface area contributed by atoms with Crippen LogP contribution in [0.3, 0.4) is 0 Å². The molecule has 8 nitrogen and oxygen atoms in total. The largest absolute Gasteiger partial charge is 0.455 e. The normalized spacial score (nSPS) is 43.1. The van der Waals surface area contributed by atoms with Crippen LogP contribution in [-0.4, -0.2) is 74.4 Å². The van der Waals surface area contributed by atoms with E-state index in [1.165, 1.54) is 0 Å². The third-order valence-electron chi connectivity index (χ3n) is 10.1. The molecule has 2 radical (unpaired) electrons.